The number of aromatic nitrogens is 2. The van der Waals surface area contributed by atoms with Gasteiger partial charge in [0.15, 0.2) is 23.9 Å². The molecule has 0 spiro atoms. The highest BCUT2D eigenvalue weighted by molar-refractivity contribution is 6.32. The number of carbonyl (C=O) groups excluding carboxylic acids is 1. The van der Waals surface area contributed by atoms with Crippen LogP contribution in [0.5, 0.6) is 11.5 Å². The summed E-state index contributed by atoms with van der Waals surface area (Å²) in [7, 11) is 0. The van der Waals surface area contributed by atoms with Gasteiger partial charge in [-0.2, -0.15) is 9.78 Å². The zero-order valence-corrected chi connectivity index (χ0v) is 23.0. The molecule has 5 aromatic rings. The molecule has 0 radical (unpaired) electrons. The van der Waals surface area contributed by atoms with E-state index in [-0.39, 0.29) is 35.4 Å². The summed E-state index contributed by atoms with van der Waals surface area (Å²) in [6.07, 6.45) is 1.45. The number of ether oxygens (including phenoxy) is 3. The van der Waals surface area contributed by atoms with Gasteiger partial charge in [0.2, 0.25) is 5.82 Å². The number of furan rings is 1. The maximum absolute atomic E-state index is 13.5. The van der Waals surface area contributed by atoms with Crippen LogP contribution in [0.4, 0.5) is 0 Å². The number of rotatable bonds is 9. The van der Waals surface area contributed by atoms with Crippen molar-refractivity contribution in [3.05, 3.63) is 86.6 Å². The van der Waals surface area contributed by atoms with E-state index < -0.39 is 5.97 Å². The van der Waals surface area contributed by atoms with Gasteiger partial charge >= 0.3 is 5.97 Å². The molecule has 0 N–H and O–H groups in total. The van der Waals surface area contributed by atoms with E-state index >= 15 is 0 Å². The predicted molar refractivity (Wildman–Crippen MR) is 154 cm³/mol. The fourth-order valence-corrected chi connectivity index (χ4v) is 4.49. The first-order valence-corrected chi connectivity index (χ1v) is 13.1. The third-order valence-corrected chi connectivity index (χ3v) is 6.26. The van der Waals surface area contributed by atoms with Crippen molar-refractivity contribution in [2.75, 3.05) is 19.8 Å². The summed E-state index contributed by atoms with van der Waals surface area (Å²) >= 11 is 12.6. The standard InChI is InChI=1S/C29H23Cl2N3O6/c1-3-37-24-12-17(11-21(31)27(24)39-16-26(35)38-4-2)15-32-34-28(33-22-8-6-5-7-20(22)29(34)36)25-14-18-13-19(30)9-10-23(18)40-25/h5-15H,3-4,16H2,1-2H3. The average Bonchev–Trinajstić information content (AvgIpc) is 3.35. The molecule has 0 unspecified atom stereocenters. The molecule has 11 heteroatoms. The van der Waals surface area contributed by atoms with E-state index in [1.165, 1.54) is 10.9 Å². The van der Waals surface area contributed by atoms with E-state index in [9.17, 15) is 9.59 Å². The first-order valence-electron chi connectivity index (χ1n) is 12.4. The van der Waals surface area contributed by atoms with Crippen molar-refractivity contribution < 1.29 is 23.4 Å². The maximum atomic E-state index is 13.5. The van der Waals surface area contributed by atoms with E-state index in [2.05, 4.69) is 10.1 Å². The van der Waals surface area contributed by atoms with Crippen LogP contribution in [0.25, 0.3) is 33.5 Å². The largest absolute Gasteiger partial charge is 0.490 e. The number of hydrogen-bond donors (Lipinski definition) is 0. The third kappa shape index (κ3) is 5.66. The van der Waals surface area contributed by atoms with Crippen LogP contribution in [0.2, 0.25) is 10.0 Å². The monoisotopic (exact) mass is 579 g/mol. The number of benzene rings is 3. The van der Waals surface area contributed by atoms with Crippen molar-refractivity contribution >= 4 is 57.3 Å². The number of esters is 1. The molecule has 0 aliphatic carbocycles. The highest BCUT2D eigenvalue weighted by Crippen LogP contribution is 2.36. The highest BCUT2D eigenvalue weighted by Gasteiger charge is 2.18. The number of carbonyl (C=O) groups is 1. The van der Waals surface area contributed by atoms with Crippen LogP contribution in [-0.2, 0) is 9.53 Å². The smallest absolute Gasteiger partial charge is 0.344 e. The zero-order valence-electron chi connectivity index (χ0n) is 21.5. The Balaban J connectivity index is 1.58. The Morgan fingerprint density at radius 3 is 2.67 bits per heavy atom. The van der Waals surface area contributed by atoms with Gasteiger partial charge in [0.05, 0.1) is 35.4 Å². The predicted octanol–water partition coefficient (Wildman–Crippen LogP) is 6.34. The van der Waals surface area contributed by atoms with Gasteiger partial charge in [-0.15, -0.1) is 0 Å². The molecule has 0 bridgehead atoms. The van der Waals surface area contributed by atoms with Crippen LogP contribution in [0.15, 0.2) is 75.0 Å². The Hall–Kier alpha value is -4.34. The maximum Gasteiger partial charge on any atom is 0.344 e. The molecular weight excluding hydrogens is 557 g/mol. The zero-order chi connectivity index (χ0) is 28.2. The molecule has 5 rings (SSSR count). The Kier molecular flexibility index (Phi) is 8.04. The number of fused-ring (bicyclic) bond motifs is 2. The van der Waals surface area contributed by atoms with Gasteiger partial charge in [-0.1, -0.05) is 35.3 Å². The van der Waals surface area contributed by atoms with Gasteiger partial charge in [-0.05, 0) is 67.9 Å². The van der Waals surface area contributed by atoms with Crippen molar-refractivity contribution in [1.29, 1.82) is 0 Å². The molecular formula is C29H23Cl2N3O6. The summed E-state index contributed by atoms with van der Waals surface area (Å²) in [6, 6.07) is 17.2. The minimum atomic E-state index is -0.532. The summed E-state index contributed by atoms with van der Waals surface area (Å²) in [5.74, 6) is 0.514. The van der Waals surface area contributed by atoms with Gasteiger partial charge in [0, 0.05) is 10.4 Å². The molecule has 0 saturated heterocycles. The molecule has 2 heterocycles. The molecule has 0 aliphatic heterocycles. The lowest BCUT2D eigenvalue weighted by Gasteiger charge is -2.14. The van der Waals surface area contributed by atoms with Crippen LogP contribution in [0, 0.1) is 0 Å². The third-order valence-electron chi connectivity index (χ3n) is 5.75. The SMILES string of the molecule is CCOC(=O)COc1c(Cl)cc(C=Nn2c(-c3cc4cc(Cl)ccc4o3)nc3ccccc3c2=O)cc1OCC. The number of halogens is 2. The molecule has 0 fully saturated rings. The molecule has 0 atom stereocenters. The minimum Gasteiger partial charge on any atom is -0.490 e. The van der Waals surface area contributed by atoms with E-state index in [1.807, 2.05) is 0 Å². The molecule has 2 aromatic heterocycles. The summed E-state index contributed by atoms with van der Waals surface area (Å²) in [5, 5.41) is 6.35. The lowest BCUT2D eigenvalue weighted by molar-refractivity contribution is -0.145. The Bertz CT molecular complexity index is 1810. The summed E-state index contributed by atoms with van der Waals surface area (Å²) in [5.41, 5.74) is 1.21. The summed E-state index contributed by atoms with van der Waals surface area (Å²) < 4.78 is 23.3. The molecule has 9 nitrogen and oxygen atoms in total. The van der Waals surface area contributed by atoms with E-state index in [0.29, 0.717) is 45.2 Å². The van der Waals surface area contributed by atoms with Crippen molar-refractivity contribution in [1.82, 2.24) is 9.66 Å². The minimum absolute atomic E-state index is 0.190. The van der Waals surface area contributed by atoms with Crippen LogP contribution in [0.1, 0.15) is 19.4 Å². The molecule has 0 aliphatic rings. The van der Waals surface area contributed by atoms with Crippen molar-refractivity contribution in [2.45, 2.75) is 13.8 Å². The van der Waals surface area contributed by atoms with Gasteiger partial charge in [0.25, 0.3) is 5.56 Å². The second kappa shape index (κ2) is 11.8. The van der Waals surface area contributed by atoms with Gasteiger partial charge in [-0.25, -0.2) is 9.78 Å². The molecule has 204 valence electrons. The molecule has 40 heavy (non-hydrogen) atoms. The lowest BCUT2D eigenvalue weighted by Crippen LogP contribution is -2.20. The van der Waals surface area contributed by atoms with E-state index in [1.54, 1.807) is 74.5 Å². The highest BCUT2D eigenvalue weighted by atomic mass is 35.5. The van der Waals surface area contributed by atoms with Crippen LogP contribution >= 0.6 is 23.2 Å². The van der Waals surface area contributed by atoms with Crippen molar-refractivity contribution in [2.24, 2.45) is 5.10 Å². The molecule has 3 aromatic carbocycles. The fourth-order valence-electron chi connectivity index (χ4n) is 4.04. The second-order valence-electron chi connectivity index (χ2n) is 8.46. The van der Waals surface area contributed by atoms with E-state index in [4.69, 9.17) is 41.8 Å². The van der Waals surface area contributed by atoms with Gasteiger partial charge < -0.3 is 18.6 Å². The van der Waals surface area contributed by atoms with Crippen LogP contribution < -0.4 is 15.0 Å². The van der Waals surface area contributed by atoms with Crippen molar-refractivity contribution in [3.63, 3.8) is 0 Å². The first kappa shape index (κ1) is 27.2. The van der Waals surface area contributed by atoms with E-state index in [0.717, 1.165) is 5.39 Å². The average molecular weight is 580 g/mol. The summed E-state index contributed by atoms with van der Waals surface area (Å²) in [6.45, 7) is 3.73. The first-order chi connectivity index (χ1) is 19.4. The Morgan fingerprint density at radius 2 is 1.88 bits per heavy atom. The molecule has 0 amide bonds. The fraction of sp³-hybridized carbons (Fsp3) is 0.172. The molecule has 0 saturated carbocycles. The normalized spacial score (nSPS) is 11.4. The van der Waals surface area contributed by atoms with Crippen molar-refractivity contribution in [3.8, 4) is 23.1 Å². The topological polar surface area (TPSA) is 105 Å². The summed E-state index contributed by atoms with van der Waals surface area (Å²) in [4.78, 5) is 30.0. The number of para-hydroxylation sites is 1. The van der Waals surface area contributed by atoms with Gasteiger partial charge in [0.1, 0.15) is 5.58 Å². The lowest BCUT2D eigenvalue weighted by atomic mass is 10.2. The van der Waals surface area contributed by atoms with Crippen LogP contribution in [-0.4, -0.2) is 41.7 Å². The quantitative estimate of drug-likeness (QED) is 0.148. The Morgan fingerprint density at radius 1 is 1.05 bits per heavy atom. The Labute approximate surface area is 238 Å². The number of nitrogens with zero attached hydrogens (tertiary/aromatic N) is 3. The second-order valence-corrected chi connectivity index (χ2v) is 9.31. The van der Waals surface area contributed by atoms with Crippen LogP contribution in [0.3, 0.4) is 0 Å². The van der Waals surface area contributed by atoms with Gasteiger partial charge in [-0.3, -0.25) is 4.79 Å². The number of hydrogen-bond acceptors (Lipinski definition) is 8.